The first-order chi connectivity index (χ1) is 17.2. The van der Waals surface area contributed by atoms with E-state index in [9.17, 15) is 9.18 Å². The molecule has 35 heavy (non-hydrogen) atoms. The molecule has 5 nitrogen and oxygen atoms in total. The van der Waals surface area contributed by atoms with Crippen molar-refractivity contribution in [3.05, 3.63) is 84.2 Å². The Balaban J connectivity index is 1.07. The minimum Gasteiger partial charge on any atom is -0.454 e. The Kier molecular flexibility index (Phi) is 7.28. The monoisotopic (exact) mass is 473 g/mol. The number of para-hydroxylation sites is 3. The number of hydrogen-bond donors (Lipinski definition) is 0. The molecule has 2 aliphatic rings. The van der Waals surface area contributed by atoms with Crippen molar-refractivity contribution in [1.82, 2.24) is 4.90 Å². The standard InChI is InChI=1S/C29H32FN3O2/c30-23-13-15-24(16-14-23)32-21-19-31(20-22-32)17-7-1-2-8-18-33-26-10-4-6-12-28(26)35-27-11-5-3-9-25(27)29(33)34/h3-6,9-16H,1-2,7-8,17-22H2. The zero-order valence-electron chi connectivity index (χ0n) is 20.0. The zero-order valence-corrected chi connectivity index (χ0v) is 20.0. The van der Waals surface area contributed by atoms with Crippen LogP contribution in [0.25, 0.3) is 0 Å². The van der Waals surface area contributed by atoms with E-state index in [1.54, 1.807) is 0 Å². The predicted molar refractivity (Wildman–Crippen MR) is 138 cm³/mol. The molecule has 0 saturated carbocycles. The van der Waals surface area contributed by atoms with Gasteiger partial charge in [0.1, 0.15) is 11.6 Å². The van der Waals surface area contributed by atoms with Crippen LogP contribution in [-0.4, -0.2) is 50.1 Å². The second-order valence-corrected chi connectivity index (χ2v) is 9.24. The van der Waals surface area contributed by atoms with Crippen LogP contribution >= 0.6 is 0 Å². The van der Waals surface area contributed by atoms with Crippen molar-refractivity contribution in [2.24, 2.45) is 0 Å². The Bertz CT molecular complexity index is 1140. The molecule has 2 aliphatic heterocycles. The van der Waals surface area contributed by atoms with Crippen LogP contribution in [0.15, 0.2) is 72.8 Å². The number of anilines is 2. The Labute approximate surface area is 206 Å². The summed E-state index contributed by atoms with van der Waals surface area (Å²) in [6.45, 7) is 5.82. The second kappa shape index (κ2) is 10.9. The molecule has 0 aromatic heterocycles. The van der Waals surface area contributed by atoms with Gasteiger partial charge < -0.3 is 14.5 Å². The molecule has 0 radical (unpaired) electrons. The number of rotatable bonds is 8. The highest BCUT2D eigenvalue weighted by atomic mass is 19.1. The van der Waals surface area contributed by atoms with Crippen molar-refractivity contribution in [1.29, 1.82) is 0 Å². The maximum atomic E-state index is 13.3. The lowest BCUT2D eigenvalue weighted by Crippen LogP contribution is -2.46. The van der Waals surface area contributed by atoms with E-state index in [2.05, 4.69) is 9.80 Å². The van der Waals surface area contributed by atoms with Gasteiger partial charge in [-0.25, -0.2) is 4.39 Å². The number of carbonyl (C=O) groups is 1. The van der Waals surface area contributed by atoms with Gasteiger partial charge in [0, 0.05) is 38.4 Å². The normalized spacial score (nSPS) is 15.9. The highest BCUT2D eigenvalue weighted by molar-refractivity contribution is 6.09. The fraction of sp³-hybridized carbons (Fsp3) is 0.345. The Hall–Kier alpha value is -3.38. The van der Waals surface area contributed by atoms with Crippen LogP contribution in [0.3, 0.4) is 0 Å². The van der Waals surface area contributed by atoms with E-state index >= 15 is 0 Å². The van der Waals surface area contributed by atoms with Crippen LogP contribution in [-0.2, 0) is 0 Å². The molecule has 0 aliphatic carbocycles. The van der Waals surface area contributed by atoms with Crippen molar-refractivity contribution in [2.45, 2.75) is 25.7 Å². The predicted octanol–water partition coefficient (Wildman–Crippen LogP) is 5.96. The number of ether oxygens (including phenoxy) is 1. The number of fused-ring (bicyclic) bond motifs is 2. The SMILES string of the molecule is O=C1c2ccccc2Oc2ccccc2N1CCCCCCN1CCN(c2ccc(F)cc2)CC1. The van der Waals surface area contributed by atoms with Gasteiger partial charge in [-0.05, 0) is 67.9 Å². The Morgan fingerprint density at radius 1 is 0.714 bits per heavy atom. The fourth-order valence-corrected chi connectivity index (χ4v) is 4.93. The van der Waals surface area contributed by atoms with Gasteiger partial charge >= 0.3 is 0 Å². The van der Waals surface area contributed by atoms with Crippen LogP contribution in [0.2, 0.25) is 0 Å². The van der Waals surface area contributed by atoms with Crippen molar-refractivity contribution >= 4 is 17.3 Å². The summed E-state index contributed by atoms with van der Waals surface area (Å²) >= 11 is 0. The molecular formula is C29H32FN3O2. The number of piperazine rings is 1. The number of carbonyl (C=O) groups excluding carboxylic acids is 1. The van der Waals surface area contributed by atoms with Gasteiger partial charge in [-0.3, -0.25) is 9.69 Å². The molecular weight excluding hydrogens is 441 g/mol. The fourth-order valence-electron chi connectivity index (χ4n) is 4.93. The molecule has 0 spiro atoms. The molecule has 6 heteroatoms. The molecule has 5 rings (SSSR count). The molecule has 0 bridgehead atoms. The van der Waals surface area contributed by atoms with Crippen LogP contribution in [0.5, 0.6) is 11.5 Å². The first kappa shape index (κ1) is 23.4. The quantitative estimate of drug-likeness (QED) is 0.378. The molecule has 3 aromatic carbocycles. The lowest BCUT2D eigenvalue weighted by Gasteiger charge is -2.36. The second-order valence-electron chi connectivity index (χ2n) is 9.24. The molecule has 1 fully saturated rings. The summed E-state index contributed by atoms with van der Waals surface area (Å²) < 4.78 is 19.2. The van der Waals surface area contributed by atoms with Gasteiger partial charge in [-0.1, -0.05) is 37.1 Å². The molecule has 0 unspecified atom stereocenters. The number of hydrogen-bond acceptors (Lipinski definition) is 4. The average molecular weight is 474 g/mol. The van der Waals surface area contributed by atoms with Crippen LogP contribution in [0, 0.1) is 5.82 Å². The van der Waals surface area contributed by atoms with Gasteiger partial charge in [0.15, 0.2) is 5.75 Å². The van der Waals surface area contributed by atoms with E-state index in [1.165, 1.54) is 12.1 Å². The van der Waals surface area contributed by atoms with E-state index in [4.69, 9.17) is 4.74 Å². The van der Waals surface area contributed by atoms with E-state index in [0.717, 1.165) is 75.5 Å². The third-order valence-electron chi connectivity index (χ3n) is 6.91. The molecule has 1 saturated heterocycles. The summed E-state index contributed by atoms with van der Waals surface area (Å²) in [5, 5.41) is 0. The van der Waals surface area contributed by atoms with Gasteiger partial charge in [-0.2, -0.15) is 0 Å². The molecule has 3 aromatic rings. The lowest BCUT2D eigenvalue weighted by molar-refractivity contribution is 0.0986. The summed E-state index contributed by atoms with van der Waals surface area (Å²) in [6.07, 6.45) is 4.35. The largest absolute Gasteiger partial charge is 0.454 e. The Morgan fingerprint density at radius 3 is 2.14 bits per heavy atom. The topological polar surface area (TPSA) is 36.0 Å². The van der Waals surface area contributed by atoms with Gasteiger partial charge in [0.05, 0.1) is 11.3 Å². The molecule has 0 N–H and O–H groups in total. The summed E-state index contributed by atoms with van der Waals surface area (Å²) in [7, 11) is 0. The number of halogens is 1. The summed E-state index contributed by atoms with van der Waals surface area (Å²) in [5.41, 5.74) is 2.56. The third-order valence-corrected chi connectivity index (χ3v) is 6.91. The zero-order chi connectivity index (χ0) is 24.0. The van der Waals surface area contributed by atoms with E-state index in [-0.39, 0.29) is 11.7 Å². The third kappa shape index (κ3) is 5.49. The molecule has 1 amide bonds. The number of benzene rings is 3. The van der Waals surface area contributed by atoms with Crippen LogP contribution in [0.4, 0.5) is 15.8 Å². The first-order valence-corrected chi connectivity index (χ1v) is 12.6. The average Bonchev–Trinajstić information content (AvgIpc) is 3.01. The van der Waals surface area contributed by atoms with E-state index in [1.807, 2.05) is 65.6 Å². The summed E-state index contributed by atoms with van der Waals surface area (Å²) in [5.74, 6) is 1.16. The Morgan fingerprint density at radius 2 is 1.37 bits per heavy atom. The van der Waals surface area contributed by atoms with Crippen molar-refractivity contribution in [3.8, 4) is 11.5 Å². The van der Waals surface area contributed by atoms with Gasteiger partial charge in [0.25, 0.3) is 5.91 Å². The molecule has 182 valence electrons. The minimum absolute atomic E-state index is 0.00424. The lowest BCUT2D eigenvalue weighted by atomic mass is 10.1. The molecule has 2 heterocycles. The van der Waals surface area contributed by atoms with Crippen molar-refractivity contribution in [3.63, 3.8) is 0 Å². The molecule has 0 atom stereocenters. The number of nitrogens with zero attached hydrogens (tertiary/aromatic N) is 3. The minimum atomic E-state index is -0.185. The highest BCUT2D eigenvalue weighted by Gasteiger charge is 2.27. The maximum Gasteiger partial charge on any atom is 0.262 e. The summed E-state index contributed by atoms with van der Waals surface area (Å²) in [4.78, 5) is 20.0. The van der Waals surface area contributed by atoms with Gasteiger partial charge in [0.2, 0.25) is 0 Å². The van der Waals surface area contributed by atoms with E-state index < -0.39 is 0 Å². The van der Waals surface area contributed by atoms with Gasteiger partial charge in [-0.15, -0.1) is 0 Å². The van der Waals surface area contributed by atoms with E-state index in [0.29, 0.717) is 17.9 Å². The number of amides is 1. The summed E-state index contributed by atoms with van der Waals surface area (Å²) in [6, 6.07) is 22.0. The first-order valence-electron chi connectivity index (χ1n) is 12.6. The number of unbranched alkanes of at least 4 members (excludes halogenated alkanes) is 3. The van der Waals surface area contributed by atoms with Crippen molar-refractivity contribution in [2.75, 3.05) is 49.1 Å². The van der Waals surface area contributed by atoms with Crippen LogP contribution in [0.1, 0.15) is 36.0 Å². The van der Waals surface area contributed by atoms with Crippen LogP contribution < -0.4 is 14.5 Å². The highest BCUT2D eigenvalue weighted by Crippen LogP contribution is 2.38. The maximum absolute atomic E-state index is 13.3. The smallest absolute Gasteiger partial charge is 0.262 e. The van der Waals surface area contributed by atoms with Crippen molar-refractivity contribution < 1.29 is 13.9 Å².